The molecule has 0 heterocycles. The first-order chi connectivity index (χ1) is 10.7. The van der Waals surface area contributed by atoms with E-state index in [1.165, 1.54) is 6.21 Å². The molecular weight excluding hydrogens is 346 g/mol. The number of carbonyl (C=O) groups excluding carboxylic acids is 1. The van der Waals surface area contributed by atoms with Crippen molar-refractivity contribution in [2.75, 3.05) is 6.61 Å². The molecule has 0 saturated heterocycles. The molecule has 1 amide bonds. The van der Waals surface area contributed by atoms with E-state index in [9.17, 15) is 4.79 Å². The Morgan fingerprint density at radius 1 is 1.32 bits per heavy atom. The van der Waals surface area contributed by atoms with Gasteiger partial charge in [-0.1, -0.05) is 40.2 Å². The topological polar surface area (TPSA) is 74.5 Å². The molecule has 0 fully saturated rings. The van der Waals surface area contributed by atoms with Gasteiger partial charge in [0.05, 0.1) is 11.8 Å². The van der Waals surface area contributed by atoms with E-state index >= 15 is 0 Å². The van der Waals surface area contributed by atoms with Crippen LogP contribution in [0.1, 0.15) is 11.1 Å². The van der Waals surface area contributed by atoms with Gasteiger partial charge in [0.1, 0.15) is 11.8 Å². The highest BCUT2D eigenvalue weighted by Crippen LogP contribution is 2.16. The fraction of sp³-hybridized carbons (Fsp3) is 0.0625. The van der Waals surface area contributed by atoms with Crippen molar-refractivity contribution >= 4 is 28.1 Å². The zero-order valence-corrected chi connectivity index (χ0v) is 13.1. The van der Waals surface area contributed by atoms with Crippen molar-refractivity contribution in [2.45, 2.75) is 0 Å². The van der Waals surface area contributed by atoms with Crippen LogP contribution in [0.3, 0.4) is 0 Å². The predicted octanol–water partition coefficient (Wildman–Crippen LogP) is 2.85. The first-order valence-electron chi connectivity index (χ1n) is 6.38. The molecule has 110 valence electrons. The molecule has 0 radical (unpaired) electrons. The van der Waals surface area contributed by atoms with Crippen molar-refractivity contribution in [3.05, 3.63) is 64.1 Å². The van der Waals surface area contributed by atoms with Crippen LogP contribution in [0, 0.1) is 11.3 Å². The Hall–Kier alpha value is -2.65. The molecule has 6 heteroatoms. The van der Waals surface area contributed by atoms with E-state index in [0.29, 0.717) is 11.3 Å². The molecular formula is C16H12BrN3O2. The van der Waals surface area contributed by atoms with E-state index in [1.807, 2.05) is 30.3 Å². The lowest BCUT2D eigenvalue weighted by Gasteiger charge is -2.06. The third kappa shape index (κ3) is 4.72. The zero-order chi connectivity index (χ0) is 15.8. The second-order valence-corrected chi connectivity index (χ2v) is 5.16. The maximum absolute atomic E-state index is 11.6. The quantitative estimate of drug-likeness (QED) is 0.660. The number of amides is 1. The monoisotopic (exact) mass is 357 g/mol. The van der Waals surface area contributed by atoms with Crippen LogP contribution in [0.15, 0.2) is 58.1 Å². The summed E-state index contributed by atoms with van der Waals surface area (Å²) in [6.07, 6.45) is 1.53. The van der Waals surface area contributed by atoms with E-state index in [1.54, 1.807) is 24.3 Å². The van der Waals surface area contributed by atoms with Gasteiger partial charge in [0.2, 0.25) is 0 Å². The molecule has 2 rings (SSSR count). The van der Waals surface area contributed by atoms with Crippen LogP contribution >= 0.6 is 15.9 Å². The Bertz CT molecular complexity index is 738. The Labute approximate surface area is 136 Å². The van der Waals surface area contributed by atoms with Crippen molar-refractivity contribution in [2.24, 2.45) is 5.10 Å². The lowest BCUT2D eigenvalue weighted by Crippen LogP contribution is -2.24. The Morgan fingerprint density at radius 2 is 2.14 bits per heavy atom. The number of para-hydroxylation sites is 1. The van der Waals surface area contributed by atoms with Gasteiger partial charge in [0, 0.05) is 4.47 Å². The van der Waals surface area contributed by atoms with Crippen LogP contribution in [0.2, 0.25) is 0 Å². The van der Waals surface area contributed by atoms with Crippen molar-refractivity contribution in [3.63, 3.8) is 0 Å². The van der Waals surface area contributed by atoms with Gasteiger partial charge < -0.3 is 4.74 Å². The van der Waals surface area contributed by atoms with Crippen molar-refractivity contribution < 1.29 is 9.53 Å². The number of benzene rings is 2. The van der Waals surface area contributed by atoms with Crippen molar-refractivity contribution in [1.82, 2.24) is 5.43 Å². The summed E-state index contributed by atoms with van der Waals surface area (Å²) in [4.78, 5) is 11.6. The average molecular weight is 358 g/mol. The van der Waals surface area contributed by atoms with Gasteiger partial charge >= 0.3 is 0 Å². The molecule has 0 aliphatic rings. The SMILES string of the molecule is N#Cc1ccccc1OCC(=O)N/N=C\c1cccc(Br)c1. The number of nitriles is 1. The lowest BCUT2D eigenvalue weighted by molar-refractivity contribution is -0.123. The highest BCUT2D eigenvalue weighted by atomic mass is 79.9. The number of rotatable bonds is 5. The fourth-order valence-electron chi connectivity index (χ4n) is 1.63. The number of hydrazone groups is 1. The predicted molar refractivity (Wildman–Crippen MR) is 86.5 cm³/mol. The largest absolute Gasteiger partial charge is 0.482 e. The summed E-state index contributed by atoms with van der Waals surface area (Å²) in [5, 5.41) is 12.8. The minimum atomic E-state index is -0.404. The van der Waals surface area contributed by atoms with Gasteiger partial charge in [-0.15, -0.1) is 0 Å². The van der Waals surface area contributed by atoms with Gasteiger partial charge in [-0.2, -0.15) is 10.4 Å². The molecule has 0 bridgehead atoms. The molecule has 0 aromatic heterocycles. The number of hydrogen-bond acceptors (Lipinski definition) is 4. The highest BCUT2D eigenvalue weighted by Gasteiger charge is 2.05. The van der Waals surface area contributed by atoms with E-state index < -0.39 is 5.91 Å². The van der Waals surface area contributed by atoms with E-state index in [2.05, 4.69) is 26.5 Å². The smallest absolute Gasteiger partial charge is 0.277 e. The first kappa shape index (κ1) is 15.7. The number of carbonyl (C=O) groups is 1. The summed E-state index contributed by atoms with van der Waals surface area (Å²) in [5.74, 6) is -0.0323. The summed E-state index contributed by atoms with van der Waals surface area (Å²) < 4.78 is 6.23. The molecule has 0 unspecified atom stereocenters. The number of halogens is 1. The van der Waals surface area contributed by atoms with Gasteiger partial charge in [-0.3, -0.25) is 4.79 Å². The molecule has 0 saturated carbocycles. The summed E-state index contributed by atoms with van der Waals surface area (Å²) in [6, 6.07) is 16.2. The summed E-state index contributed by atoms with van der Waals surface area (Å²) in [7, 11) is 0. The van der Waals surface area contributed by atoms with Crippen LogP contribution in [-0.4, -0.2) is 18.7 Å². The number of ether oxygens (including phenoxy) is 1. The van der Waals surface area contributed by atoms with Gasteiger partial charge in [0.25, 0.3) is 5.91 Å². The van der Waals surface area contributed by atoms with E-state index in [-0.39, 0.29) is 6.61 Å². The Kier molecular flexibility index (Phi) is 5.69. The lowest BCUT2D eigenvalue weighted by atomic mass is 10.2. The average Bonchev–Trinajstić information content (AvgIpc) is 2.53. The van der Waals surface area contributed by atoms with Crippen LogP contribution in [0.4, 0.5) is 0 Å². The summed E-state index contributed by atoms with van der Waals surface area (Å²) in [6.45, 7) is -0.214. The molecule has 0 aliphatic heterocycles. The van der Waals surface area contributed by atoms with Crippen LogP contribution in [0.25, 0.3) is 0 Å². The third-order valence-electron chi connectivity index (χ3n) is 2.62. The van der Waals surface area contributed by atoms with E-state index in [0.717, 1.165) is 10.0 Å². The van der Waals surface area contributed by atoms with E-state index in [4.69, 9.17) is 10.00 Å². The van der Waals surface area contributed by atoms with Gasteiger partial charge in [-0.05, 0) is 29.8 Å². The molecule has 0 spiro atoms. The maximum atomic E-state index is 11.6. The van der Waals surface area contributed by atoms with Crippen LogP contribution in [0.5, 0.6) is 5.75 Å². The molecule has 0 atom stereocenters. The number of hydrogen-bond donors (Lipinski definition) is 1. The molecule has 2 aromatic rings. The fourth-order valence-corrected chi connectivity index (χ4v) is 2.04. The van der Waals surface area contributed by atoms with Crippen LogP contribution < -0.4 is 10.2 Å². The normalized spacial score (nSPS) is 10.2. The molecule has 1 N–H and O–H groups in total. The number of nitrogens with zero attached hydrogens (tertiary/aromatic N) is 2. The minimum absolute atomic E-state index is 0.214. The standard InChI is InChI=1S/C16H12BrN3O2/c17-14-6-3-4-12(8-14)10-19-20-16(21)11-22-15-7-2-1-5-13(15)9-18/h1-8,10H,11H2,(H,20,21)/b19-10-. The highest BCUT2D eigenvalue weighted by molar-refractivity contribution is 9.10. The maximum Gasteiger partial charge on any atom is 0.277 e. The third-order valence-corrected chi connectivity index (χ3v) is 3.11. The Morgan fingerprint density at radius 3 is 2.91 bits per heavy atom. The molecule has 0 aliphatic carbocycles. The van der Waals surface area contributed by atoms with Crippen molar-refractivity contribution in [3.8, 4) is 11.8 Å². The summed E-state index contributed by atoms with van der Waals surface area (Å²) >= 11 is 3.35. The van der Waals surface area contributed by atoms with Crippen LogP contribution in [-0.2, 0) is 4.79 Å². The minimum Gasteiger partial charge on any atom is -0.482 e. The van der Waals surface area contributed by atoms with Gasteiger partial charge in [0.15, 0.2) is 6.61 Å². The first-order valence-corrected chi connectivity index (χ1v) is 7.18. The molecule has 2 aromatic carbocycles. The number of nitrogens with one attached hydrogen (secondary N) is 1. The van der Waals surface area contributed by atoms with Crippen molar-refractivity contribution in [1.29, 1.82) is 5.26 Å². The second kappa shape index (κ2) is 7.96. The molecule has 5 nitrogen and oxygen atoms in total. The zero-order valence-electron chi connectivity index (χ0n) is 11.5. The molecule has 22 heavy (non-hydrogen) atoms. The summed E-state index contributed by atoms with van der Waals surface area (Å²) in [5.41, 5.74) is 3.60. The van der Waals surface area contributed by atoms with Gasteiger partial charge in [-0.25, -0.2) is 5.43 Å². The second-order valence-electron chi connectivity index (χ2n) is 4.24. The Balaban J connectivity index is 1.85.